The molecule has 0 bridgehead atoms. The molecular formula is C18H24ClN5OS. The second-order valence-electron chi connectivity index (χ2n) is 6.57. The lowest BCUT2D eigenvalue weighted by atomic mass is 10.1. The molecule has 2 aliphatic heterocycles. The van der Waals surface area contributed by atoms with Gasteiger partial charge in [-0.2, -0.15) is 0 Å². The van der Waals surface area contributed by atoms with Crippen LogP contribution in [0.4, 0.5) is 5.69 Å². The van der Waals surface area contributed by atoms with E-state index in [0.29, 0.717) is 6.04 Å². The van der Waals surface area contributed by atoms with E-state index in [1.165, 1.54) is 6.42 Å². The quantitative estimate of drug-likeness (QED) is 0.744. The molecule has 2 aliphatic rings. The number of hydrogen-bond acceptors (Lipinski definition) is 5. The van der Waals surface area contributed by atoms with E-state index < -0.39 is 0 Å². The monoisotopic (exact) mass is 393 g/mol. The highest BCUT2D eigenvalue weighted by Crippen LogP contribution is 2.30. The molecule has 1 fully saturated rings. The van der Waals surface area contributed by atoms with Crippen molar-refractivity contribution in [1.82, 2.24) is 20.6 Å². The predicted octanol–water partition coefficient (Wildman–Crippen LogP) is 2.64. The highest BCUT2D eigenvalue weighted by atomic mass is 35.5. The Morgan fingerprint density at radius 1 is 1.46 bits per heavy atom. The molecule has 2 atom stereocenters. The average Bonchev–Trinajstić information content (AvgIpc) is 3.33. The minimum atomic E-state index is 0. The zero-order chi connectivity index (χ0) is 17.2. The predicted molar refractivity (Wildman–Crippen MR) is 110 cm³/mol. The fraction of sp³-hybridized carbons (Fsp3) is 0.444. The summed E-state index contributed by atoms with van der Waals surface area (Å²) in [7, 11) is 0. The van der Waals surface area contributed by atoms with E-state index >= 15 is 0 Å². The molecule has 1 amide bonds. The summed E-state index contributed by atoms with van der Waals surface area (Å²) >= 11 is 1.63. The number of nitrogens with zero attached hydrogens (tertiary/aromatic N) is 2. The van der Waals surface area contributed by atoms with Crippen LogP contribution in [0.25, 0.3) is 11.0 Å². The van der Waals surface area contributed by atoms with Gasteiger partial charge in [0.1, 0.15) is 5.65 Å². The Morgan fingerprint density at radius 3 is 3.15 bits per heavy atom. The zero-order valence-electron chi connectivity index (χ0n) is 14.7. The van der Waals surface area contributed by atoms with Crippen LogP contribution in [-0.4, -0.2) is 46.8 Å². The van der Waals surface area contributed by atoms with Crippen molar-refractivity contribution in [3.05, 3.63) is 35.6 Å². The smallest absolute Gasteiger partial charge is 0.259 e. The molecule has 26 heavy (non-hydrogen) atoms. The van der Waals surface area contributed by atoms with Gasteiger partial charge in [-0.15, -0.1) is 24.2 Å². The number of carbonyl (C=O) groups excluding carboxylic acids is 1. The molecule has 3 N–H and O–H groups in total. The summed E-state index contributed by atoms with van der Waals surface area (Å²) in [5, 5.41) is 7.69. The molecular weight excluding hydrogens is 370 g/mol. The molecule has 2 aromatic rings. The fourth-order valence-electron chi connectivity index (χ4n) is 3.53. The van der Waals surface area contributed by atoms with Gasteiger partial charge in [-0.1, -0.05) is 0 Å². The third kappa shape index (κ3) is 3.84. The normalized spacial score (nSPS) is 21.2. The van der Waals surface area contributed by atoms with Crippen LogP contribution in [0.5, 0.6) is 0 Å². The van der Waals surface area contributed by atoms with Gasteiger partial charge in [-0.25, -0.2) is 4.98 Å². The van der Waals surface area contributed by atoms with Crippen LogP contribution in [0.2, 0.25) is 0 Å². The first kappa shape index (κ1) is 19.1. The van der Waals surface area contributed by atoms with Crippen LogP contribution in [0.15, 0.2) is 35.6 Å². The molecule has 6 nitrogen and oxygen atoms in total. The Balaban J connectivity index is 0.00000196. The molecule has 140 valence electrons. The maximum atomic E-state index is 12.7. The summed E-state index contributed by atoms with van der Waals surface area (Å²) in [5.74, 6) is 0.916. The molecule has 4 heterocycles. The zero-order valence-corrected chi connectivity index (χ0v) is 16.3. The summed E-state index contributed by atoms with van der Waals surface area (Å²) in [6.07, 6.45) is 7.98. The minimum absolute atomic E-state index is 0. The first-order chi connectivity index (χ1) is 12.2. The average molecular weight is 394 g/mol. The molecule has 8 heteroatoms. The van der Waals surface area contributed by atoms with Crippen molar-refractivity contribution in [1.29, 1.82) is 0 Å². The van der Waals surface area contributed by atoms with Crippen LogP contribution in [-0.2, 0) is 4.79 Å². The van der Waals surface area contributed by atoms with Crippen molar-refractivity contribution in [3.63, 3.8) is 0 Å². The van der Waals surface area contributed by atoms with E-state index in [4.69, 9.17) is 0 Å². The molecule has 4 rings (SSSR count). The number of hydrogen-bond donors (Lipinski definition) is 3. The lowest BCUT2D eigenvalue weighted by Gasteiger charge is -2.28. The lowest BCUT2D eigenvalue weighted by Crippen LogP contribution is -2.46. The third-order valence-electron chi connectivity index (χ3n) is 4.89. The summed E-state index contributed by atoms with van der Waals surface area (Å²) in [6, 6.07) is 4.56. The van der Waals surface area contributed by atoms with Crippen molar-refractivity contribution < 1.29 is 4.79 Å². The van der Waals surface area contributed by atoms with Crippen molar-refractivity contribution in [3.8, 4) is 0 Å². The van der Waals surface area contributed by atoms with Crippen molar-refractivity contribution in [2.24, 2.45) is 0 Å². The number of H-pyrrole nitrogens is 1. The molecule has 0 spiro atoms. The van der Waals surface area contributed by atoms with E-state index in [1.807, 2.05) is 24.5 Å². The van der Waals surface area contributed by atoms with Gasteiger partial charge in [0.05, 0.1) is 10.6 Å². The van der Waals surface area contributed by atoms with Gasteiger partial charge >= 0.3 is 0 Å². The van der Waals surface area contributed by atoms with Crippen LogP contribution >= 0.6 is 24.2 Å². The number of rotatable bonds is 4. The third-order valence-corrected chi connectivity index (χ3v) is 5.88. The number of aromatic nitrogens is 2. The number of pyridine rings is 1. The summed E-state index contributed by atoms with van der Waals surface area (Å²) < 4.78 is 0. The molecule has 1 saturated heterocycles. The van der Waals surface area contributed by atoms with E-state index in [-0.39, 0.29) is 24.4 Å². The minimum Gasteiger partial charge on any atom is -0.348 e. The molecule has 0 aliphatic carbocycles. The number of halogens is 1. The largest absolute Gasteiger partial charge is 0.348 e. The summed E-state index contributed by atoms with van der Waals surface area (Å²) in [4.78, 5) is 23.1. The van der Waals surface area contributed by atoms with Gasteiger partial charge in [0.15, 0.2) is 0 Å². The highest BCUT2D eigenvalue weighted by molar-refractivity contribution is 8.04. The van der Waals surface area contributed by atoms with Crippen LogP contribution < -0.4 is 15.5 Å². The molecule has 0 radical (unpaired) electrons. The van der Waals surface area contributed by atoms with Gasteiger partial charge in [0.2, 0.25) is 0 Å². The maximum absolute atomic E-state index is 12.7. The van der Waals surface area contributed by atoms with Crippen LogP contribution in [0.1, 0.15) is 19.8 Å². The number of fused-ring (bicyclic) bond motifs is 1. The van der Waals surface area contributed by atoms with Crippen molar-refractivity contribution in [2.75, 3.05) is 23.7 Å². The lowest BCUT2D eigenvalue weighted by molar-refractivity contribution is -0.117. The van der Waals surface area contributed by atoms with E-state index in [9.17, 15) is 4.79 Å². The Morgan fingerprint density at radius 2 is 2.35 bits per heavy atom. The SMILES string of the molecule is CC(NC(=O)C1=CN(c2ccnc3[nH]ccc23)CCS1)[C@H]1CCCN1.Cl. The van der Waals surface area contributed by atoms with Gasteiger partial charge in [-0.05, 0) is 38.4 Å². The number of aromatic amines is 1. The topological polar surface area (TPSA) is 73.0 Å². The van der Waals surface area contributed by atoms with E-state index in [2.05, 4.69) is 32.4 Å². The van der Waals surface area contributed by atoms with Gasteiger partial charge in [0, 0.05) is 48.4 Å². The molecule has 1 unspecified atom stereocenters. The van der Waals surface area contributed by atoms with E-state index in [1.54, 1.807) is 18.0 Å². The van der Waals surface area contributed by atoms with E-state index in [0.717, 1.165) is 46.9 Å². The number of anilines is 1. The second-order valence-corrected chi connectivity index (χ2v) is 7.71. The van der Waals surface area contributed by atoms with Crippen molar-refractivity contribution in [2.45, 2.75) is 31.8 Å². The Kier molecular flexibility index (Phi) is 6.11. The fourth-order valence-corrected chi connectivity index (χ4v) is 4.42. The number of amides is 1. The first-order valence-corrected chi connectivity index (χ1v) is 9.78. The Hall–Kier alpha value is -1.70. The van der Waals surface area contributed by atoms with Gasteiger partial charge < -0.3 is 20.5 Å². The first-order valence-electron chi connectivity index (χ1n) is 8.80. The molecule has 0 aromatic carbocycles. The summed E-state index contributed by atoms with van der Waals surface area (Å²) in [6.45, 7) is 4.01. The summed E-state index contributed by atoms with van der Waals surface area (Å²) in [5.41, 5.74) is 1.96. The number of nitrogens with one attached hydrogen (secondary N) is 3. The highest BCUT2D eigenvalue weighted by Gasteiger charge is 2.25. The Labute approximate surface area is 163 Å². The number of carbonyl (C=O) groups is 1. The van der Waals surface area contributed by atoms with Crippen LogP contribution in [0.3, 0.4) is 0 Å². The second kappa shape index (κ2) is 8.33. The number of thioether (sulfide) groups is 1. The molecule has 0 saturated carbocycles. The Bertz CT molecular complexity index is 802. The van der Waals surface area contributed by atoms with Gasteiger partial charge in [-0.3, -0.25) is 4.79 Å². The van der Waals surface area contributed by atoms with Crippen molar-refractivity contribution >= 4 is 46.8 Å². The van der Waals surface area contributed by atoms with Gasteiger partial charge in [0.25, 0.3) is 5.91 Å². The standard InChI is InChI=1S/C18H23N5OS.ClH/c1-12(14-3-2-6-19-14)22-18(24)16-11-23(9-10-25-16)15-5-8-21-17-13(15)4-7-20-17;/h4-5,7-8,11-12,14,19H,2-3,6,9-10H2,1H3,(H,20,21)(H,22,24);1H/t12?,14-;/m1./s1. The maximum Gasteiger partial charge on any atom is 0.259 e. The molecule has 2 aromatic heterocycles. The van der Waals surface area contributed by atoms with Crippen LogP contribution in [0, 0.1) is 0 Å².